The highest BCUT2D eigenvalue weighted by Crippen LogP contribution is 2.36. The van der Waals surface area contributed by atoms with Gasteiger partial charge in [0.25, 0.3) is 0 Å². The first-order valence-corrected chi connectivity index (χ1v) is 4.98. The van der Waals surface area contributed by atoms with Crippen LogP contribution in [0.25, 0.3) is 0 Å². The summed E-state index contributed by atoms with van der Waals surface area (Å²) in [6, 6.07) is 0. The fourth-order valence-electron chi connectivity index (χ4n) is 2.29. The molecule has 3 heteroatoms. The molecule has 0 amide bonds. The number of hydrogen-bond acceptors (Lipinski definition) is 3. The largest absolute Gasteiger partial charge is 0.376 e. The summed E-state index contributed by atoms with van der Waals surface area (Å²) < 4.78 is 10.5. The van der Waals surface area contributed by atoms with E-state index in [-0.39, 0.29) is 6.10 Å². The number of rotatable bonds is 3. The molecular weight excluding hydrogens is 168 g/mol. The van der Waals surface area contributed by atoms with E-state index >= 15 is 0 Å². The zero-order valence-electron chi connectivity index (χ0n) is 8.75. The van der Waals surface area contributed by atoms with Crippen molar-refractivity contribution >= 4 is 0 Å². The van der Waals surface area contributed by atoms with E-state index in [0.29, 0.717) is 12.3 Å². The van der Waals surface area contributed by atoms with Crippen molar-refractivity contribution in [3.63, 3.8) is 0 Å². The van der Waals surface area contributed by atoms with Gasteiger partial charge in [0, 0.05) is 20.6 Å². The molecule has 0 aromatic rings. The van der Waals surface area contributed by atoms with Gasteiger partial charge >= 0.3 is 0 Å². The number of aliphatic hydroxyl groups is 1. The zero-order valence-corrected chi connectivity index (χ0v) is 8.75. The van der Waals surface area contributed by atoms with E-state index in [9.17, 15) is 5.11 Å². The predicted molar refractivity (Wildman–Crippen MR) is 50.4 cm³/mol. The maximum atomic E-state index is 10.1. The summed E-state index contributed by atoms with van der Waals surface area (Å²) >= 11 is 0. The van der Waals surface area contributed by atoms with Crippen LogP contribution in [0.5, 0.6) is 0 Å². The van der Waals surface area contributed by atoms with E-state index in [1.807, 2.05) is 0 Å². The van der Waals surface area contributed by atoms with Crippen molar-refractivity contribution in [1.82, 2.24) is 0 Å². The SMILES string of the molecule is CCC1CCCC(O)(OC)C1OC. The molecule has 1 saturated carbocycles. The minimum atomic E-state index is -1.06. The lowest BCUT2D eigenvalue weighted by molar-refractivity contribution is -0.277. The first-order chi connectivity index (χ1) is 6.18. The predicted octanol–water partition coefficient (Wildman–Crippen LogP) is 1.55. The van der Waals surface area contributed by atoms with E-state index in [4.69, 9.17) is 9.47 Å². The third-order valence-electron chi connectivity index (χ3n) is 3.11. The summed E-state index contributed by atoms with van der Waals surface area (Å²) in [4.78, 5) is 0. The minimum absolute atomic E-state index is 0.170. The van der Waals surface area contributed by atoms with Gasteiger partial charge in [0.05, 0.1) is 0 Å². The van der Waals surface area contributed by atoms with Gasteiger partial charge in [0.15, 0.2) is 5.79 Å². The number of ether oxygens (including phenoxy) is 2. The van der Waals surface area contributed by atoms with Crippen LogP contribution in [0.2, 0.25) is 0 Å². The van der Waals surface area contributed by atoms with Crippen LogP contribution in [0.1, 0.15) is 32.6 Å². The molecular formula is C10H20O3. The first kappa shape index (κ1) is 11.0. The van der Waals surface area contributed by atoms with Crippen molar-refractivity contribution < 1.29 is 14.6 Å². The highest BCUT2D eigenvalue weighted by molar-refractivity contribution is 4.88. The fraction of sp³-hybridized carbons (Fsp3) is 1.00. The Labute approximate surface area is 80.0 Å². The first-order valence-electron chi connectivity index (χ1n) is 4.98. The normalized spacial score (nSPS) is 40.6. The van der Waals surface area contributed by atoms with Crippen LogP contribution in [-0.4, -0.2) is 31.2 Å². The van der Waals surface area contributed by atoms with E-state index < -0.39 is 5.79 Å². The van der Waals surface area contributed by atoms with Crippen molar-refractivity contribution in [3.05, 3.63) is 0 Å². The second kappa shape index (κ2) is 4.40. The summed E-state index contributed by atoms with van der Waals surface area (Å²) in [6.07, 6.45) is 3.68. The second-order valence-electron chi connectivity index (χ2n) is 3.77. The Bertz CT molecular complexity index is 160. The van der Waals surface area contributed by atoms with Crippen LogP contribution in [0.3, 0.4) is 0 Å². The number of methoxy groups -OCH3 is 2. The smallest absolute Gasteiger partial charge is 0.192 e. The van der Waals surface area contributed by atoms with E-state index in [0.717, 1.165) is 19.3 Å². The maximum absolute atomic E-state index is 10.1. The molecule has 3 unspecified atom stereocenters. The molecule has 1 aliphatic rings. The quantitative estimate of drug-likeness (QED) is 0.683. The summed E-state index contributed by atoms with van der Waals surface area (Å²) in [5.74, 6) is -0.642. The lowest BCUT2D eigenvalue weighted by Gasteiger charge is -2.42. The molecule has 0 saturated heterocycles. The lowest BCUT2D eigenvalue weighted by atomic mass is 9.80. The molecule has 78 valence electrons. The maximum Gasteiger partial charge on any atom is 0.192 e. The van der Waals surface area contributed by atoms with Gasteiger partial charge < -0.3 is 14.6 Å². The topological polar surface area (TPSA) is 38.7 Å². The minimum Gasteiger partial charge on any atom is -0.376 e. The van der Waals surface area contributed by atoms with Gasteiger partial charge in [0.1, 0.15) is 6.10 Å². The van der Waals surface area contributed by atoms with Crippen molar-refractivity contribution in [2.45, 2.75) is 44.5 Å². The highest BCUT2D eigenvalue weighted by Gasteiger charge is 2.44. The molecule has 0 aromatic heterocycles. The highest BCUT2D eigenvalue weighted by atomic mass is 16.6. The summed E-state index contributed by atoms with van der Waals surface area (Å²) in [5.41, 5.74) is 0. The summed E-state index contributed by atoms with van der Waals surface area (Å²) in [5, 5.41) is 10.1. The van der Waals surface area contributed by atoms with Gasteiger partial charge in [-0.05, 0) is 18.8 Å². The standard InChI is InChI=1S/C10H20O3/c1-4-8-6-5-7-10(11,13-3)9(8)12-2/h8-9,11H,4-7H2,1-3H3. The second-order valence-corrected chi connectivity index (χ2v) is 3.77. The molecule has 3 atom stereocenters. The van der Waals surface area contributed by atoms with Gasteiger partial charge in [-0.1, -0.05) is 13.3 Å². The molecule has 1 N–H and O–H groups in total. The van der Waals surface area contributed by atoms with Crippen molar-refractivity contribution in [1.29, 1.82) is 0 Å². The Balaban J connectivity index is 2.72. The molecule has 1 fully saturated rings. The van der Waals surface area contributed by atoms with Crippen molar-refractivity contribution in [2.75, 3.05) is 14.2 Å². The van der Waals surface area contributed by atoms with Gasteiger partial charge in [-0.3, -0.25) is 0 Å². The van der Waals surface area contributed by atoms with Crippen molar-refractivity contribution in [2.24, 2.45) is 5.92 Å². The van der Waals surface area contributed by atoms with Crippen LogP contribution in [0.15, 0.2) is 0 Å². The molecule has 1 rings (SSSR count). The molecule has 0 heterocycles. The molecule has 0 spiro atoms. The van der Waals surface area contributed by atoms with Gasteiger partial charge in [-0.15, -0.1) is 0 Å². The Kier molecular flexibility index (Phi) is 3.71. The van der Waals surface area contributed by atoms with Gasteiger partial charge in [-0.25, -0.2) is 0 Å². The average Bonchev–Trinajstić information content (AvgIpc) is 2.17. The monoisotopic (exact) mass is 188 g/mol. The van der Waals surface area contributed by atoms with Gasteiger partial charge in [-0.2, -0.15) is 0 Å². The third kappa shape index (κ3) is 2.03. The third-order valence-corrected chi connectivity index (χ3v) is 3.11. The lowest BCUT2D eigenvalue weighted by Crippen LogP contribution is -2.51. The molecule has 13 heavy (non-hydrogen) atoms. The van der Waals surface area contributed by atoms with Crippen LogP contribution in [-0.2, 0) is 9.47 Å². The van der Waals surface area contributed by atoms with Crippen LogP contribution in [0.4, 0.5) is 0 Å². The molecule has 0 radical (unpaired) electrons. The molecule has 0 bridgehead atoms. The average molecular weight is 188 g/mol. The fourth-order valence-corrected chi connectivity index (χ4v) is 2.29. The molecule has 0 aliphatic heterocycles. The van der Waals surface area contributed by atoms with Crippen LogP contribution >= 0.6 is 0 Å². The summed E-state index contributed by atoms with van der Waals surface area (Å²) in [6.45, 7) is 2.12. The summed E-state index contributed by atoms with van der Waals surface area (Å²) in [7, 11) is 3.19. The van der Waals surface area contributed by atoms with Crippen molar-refractivity contribution in [3.8, 4) is 0 Å². The molecule has 3 nitrogen and oxygen atoms in total. The van der Waals surface area contributed by atoms with Crippen LogP contribution in [0, 0.1) is 5.92 Å². The van der Waals surface area contributed by atoms with E-state index in [1.54, 1.807) is 14.2 Å². The Hall–Kier alpha value is -0.120. The Morgan fingerprint density at radius 3 is 2.62 bits per heavy atom. The Morgan fingerprint density at radius 2 is 2.15 bits per heavy atom. The molecule has 1 aliphatic carbocycles. The Morgan fingerprint density at radius 1 is 1.46 bits per heavy atom. The van der Waals surface area contributed by atoms with Gasteiger partial charge in [0.2, 0.25) is 0 Å². The number of hydrogen-bond donors (Lipinski definition) is 1. The van der Waals surface area contributed by atoms with E-state index in [2.05, 4.69) is 6.92 Å². The van der Waals surface area contributed by atoms with Crippen LogP contribution < -0.4 is 0 Å². The molecule has 0 aromatic carbocycles. The zero-order chi connectivity index (χ0) is 9.90. The van der Waals surface area contributed by atoms with E-state index in [1.165, 1.54) is 0 Å².